The third kappa shape index (κ3) is 4.08. The summed E-state index contributed by atoms with van der Waals surface area (Å²) >= 11 is 0. The van der Waals surface area contributed by atoms with E-state index in [0.29, 0.717) is 0 Å². The molecule has 2 heteroatoms. The van der Waals surface area contributed by atoms with Crippen LogP contribution in [0.5, 0.6) is 0 Å². The van der Waals surface area contributed by atoms with E-state index in [4.69, 9.17) is 0 Å². The summed E-state index contributed by atoms with van der Waals surface area (Å²) in [5.74, 6) is 0.896. The molecule has 1 heterocycles. The Morgan fingerprint density at radius 2 is 1.67 bits per heavy atom. The van der Waals surface area contributed by atoms with E-state index >= 15 is 0 Å². The summed E-state index contributed by atoms with van der Waals surface area (Å²) in [4.78, 5) is 2.57. The number of para-hydroxylation sites is 1. The van der Waals surface area contributed by atoms with Gasteiger partial charge in [-0.2, -0.15) is 0 Å². The molecule has 0 radical (unpaired) electrons. The maximum absolute atomic E-state index is 3.47. The van der Waals surface area contributed by atoms with Gasteiger partial charge in [0.1, 0.15) is 0 Å². The highest BCUT2D eigenvalue weighted by molar-refractivity contribution is 5.59. The van der Waals surface area contributed by atoms with Crippen LogP contribution in [0, 0.1) is 5.92 Å². The van der Waals surface area contributed by atoms with Crippen LogP contribution in [-0.2, 0) is 6.54 Å². The Morgan fingerprint density at radius 3 is 2.43 bits per heavy atom. The minimum atomic E-state index is 0.896. The van der Waals surface area contributed by atoms with E-state index in [1.54, 1.807) is 0 Å². The van der Waals surface area contributed by atoms with Crippen LogP contribution in [0.3, 0.4) is 0 Å². The van der Waals surface area contributed by atoms with Gasteiger partial charge in [-0.25, -0.2) is 0 Å². The molecule has 1 N–H and O–H groups in total. The molecule has 0 unspecified atom stereocenters. The molecule has 1 aliphatic heterocycles. The number of nitrogens with one attached hydrogen (secondary N) is 1. The van der Waals surface area contributed by atoms with Gasteiger partial charge in [0.25, 0.3) is 0 Å². The number of hydrogen-bond donors (Lipinski definition) is 1. The van der Waals surface area contributed by atoms with Gasteiger partial charge in [0, 0.05) is 17.9 Å². The lowest BCUT2D eigenvalue weighted by molar-refractivity contribution is 0.185. The monoisotopic (exact) mass is 280 g/mol. The zero-order chi connectivity index (χ0) is 14.5. The Balaban J connectivity index is 1.63. The van der Waals surface area contributed by atoms with Gasteiger partial charge in [0.2, 0.25) is 0 Å². The second-order valence-electron chi connectivity index (χ2n) is 6.15. The Morgan fingerprint density at radius 1 is 0.952 bits per heavy atom. The van der Waals surface area contributed by atoms with Crippen molar-refractivity contribution in [2.75, 3.05) is 18.4 Å². The summed E-state index contributed by atoms with van der Waals surface area (Å²) in [6, 6.07) is 19.1. The van der Waals surface area contributed by atoms with Crippen molar-refractivity contribution >= 4 is 11.4 Å². The van der Waals surface area contributed by atoms with Crippen LogP contribution in [-0.4, -0.2) is 18.0 Å². The fourth-order valence-corrected chi connectivity index (χ4v) is 2.91. The van der Waals surface area contributed by atoms with Crippen LogP contribution in [0.25, 0.3) is 0 Å². The van der Waals surface area contributed by atoms with Gasteiger partial charge in [-0.05, 0) is 61.7 Å². The molecule has 3 rings (SSSR count). The SMILES string of the molecule is CC1CCN(Cc2cccc(Nc3ccccc3)c2)CC1. The molecule has 0 atom stereocenters. The molecule has 0 saturated carbocycles. The number of piperidine rings is 1. The predicted molar refractivity (Wildman–Crippen MR) is 89.8 cm³/mol. The van der Waals surface area contributed by atoms with Crippen molar-refractivity contribution in [3.63, 3.8) is 0 Å². The van der Waals surface area contributed by atoms with E-state index in [1.165, 1.54) is 37.2 Å². The maximum Gasteiger partial charge on any atom is 0.0387 e. The molecule has 0 bridgehead atoms. The summed E-state index contributed by atoms with van der Waals surface area (Å²) < 4.78 is 0. The van der Waals surface area contributed by atoms with Crippen LogP contribution in [0.15, 0.2) is 54.6 Å². The van der Waals surface area contributed by atoms with E-state index < -0.39 is 0 Å². The first-order chi connectivity index (χ1) is 10.3. The number of likely N-dealkylation sites (tertiary alicyclic amines) is 1. The number of rotatable bonds is 4. The van der Waals surface area contributed by atoms with Crippen molar-refractivity contribution in [1.29, 1.82) is 0 Å². The molecule has 2 aromatic carbocycles. The standard InChI is InChI=1S/C19H24N2/c1-16-10-12-21(13-11-16)15-17-6-5-9-19(14-17)20-18-7-3-2-4-8-18/h2-9,14,16,20H,10-13,15H2,1H3. The first-order valence-electron chi connectivity index (χ1n) is 7.93. The lowest BCUT2D eigenvalue weighted by Gasteiger charge is -2.30. The minimum absolute atomic E-state index is 0.896. The van der Waals surface area contributed by atoms with Crippen molar-refractivity contribution in [2.45, 2.75) is 26.3 Å². The minimum Gasteiger partial charge on any atom is -0.356 e. The first-order valence-corrected chi connectivity index (χ1v) is 7.93. The van der Waals surface area contributed by atoms with Gasteiger partial charge in [-0.1, -0.05) is 37.3 Å². The van der Waals surface area contributed by atoms with Crippen LogP contribution in [0.2, 0.25) is 0 Å². The number of benzene rings is 2. The molecule has 1 saturated heterocycles. The zero-order valence-electron chi connectivity index (χ0n) is 12.8. The van der Waals surface area contributed by atoms with Crippen LogP contribution < -0.4 is 5.32 Å². The summed E-state index contributed by atoms with van der Waals surface area (Å²) in [6.07, 6.45) is 2.67. The zero-order valence-corrected chi connectivity index (χ0v) is 12.8. The van der Waals surface area contributed by atoms with Crippen molar-refractivity contribution in [2.24, 2.45) is 5.92 Å². The highest BCUT2D eigenvalue weighted by atomic mass is 15.1. The summed E-state index contributed by atoms with van der Waals surface area (Å²) in [7, 11) is 0. The van der Waals surface area contributed by atoms with E-state index in [-0.39, 0.29) is 0 Å². The summed E-state index contributed by atoms with van der Waals surface area (Å²) in [5.41, 5.74) is 3.70. The average molecular weight is 280 g/mol. The highest BCUT2D eigenvalue weighted by Crippen LogP contribution is 2.21. The lowest BCUT2D eigenvalue weighted by Crippen LogP contribution is -2.32. The molecule has 21 heavy (non-hydrogen) atoms. The second-order valence-corrected chi connectivity index (χ2v) is 6.15. The molecule has 1 aliphatic rings. The summed E-state index contributed by atoms with van der Waals surface area (Å²) in [5, 5.41) is 3.47. The molecular formula is C19H24N2. The normalized spacial score (nSPS) is 16.8. The topological polar surface area (TPSA) is 15.3 Å². The number of nitrogens with zero attached hydrogens (tertiary/aromatic N) is 1. The molecule has 0 amide bonds. The van der Waals surface area contributed by atoms with E-state index in [2.05, 4.69) is 65.7 Å². The van der Waals surface area contributed by atoms with Crippen LogP contribution >= 0.6 is 0 Å². The average Bonchev–Trinajstić information content (AvgIpc) is 2.51. The molecule has 2 aromatic rings. The molecule has 0 spiro atoms. The quantitative estimate of drug-likeness (QED) is 0.876. The first kappa shape index (κ1) is 14.2. The van der Waals surface area contributed by atoms with Gasteiger partial charge in [0.15, 0.2) is 0 Å². The summed E-state index contributed by atoms with van der Waals surface area (Å²) in [6.45, 7) is 5.90. The molecular weight excluding hydrogens is 256 g/mol. The Kier molecular flexibility index (Phi) is 4.56. The third-order valence-electron chi connectivity index (χ3n) is 4.27. The van der Waals surface area contributed by atoms with E-state index in [1.807, 2.05) is 6.07 Å². The van der Waals surface area contributed by atoms with Gasteiger partial charge in [-0.15, -0.1) is 0 Å². The maximum atomic E-state index is 3.47. The van der Waals surface area contributed by atoms with Gasteiger partial charge in [-0.3, -0.25) is 4.90 Å². The van der Waals surface area contributed by atoms with Crippen molar-refractivity contribution in [3.8, 4) is 0 Å². The van der Waals surface area contributed by atoms with E-state index in [9.17, 15) is 0 Å². The molecule has 0 aromatic heterocycles. The Hall–Kier alpha value is -1.80. The third-order valence-corrected chi connectivity index (χ3v) is 4.27. The van der Waals surface area contributed by atoms with Crippen LogP contribution in [0.1, 0.15) is 25.3 Å². The molecule has 0 aliphatic carbocycles. The number of hydrogen-bond acceptors (Lipinski definition) is 2. The lowest BCUT2D eigenvalue weighted by atomic mass is 9.99. The molecule has 2 nitrogen and oxygen atoms in total. The Labute approximate surface area is 127 Å². The fraction of sp³-hybridized carbons (Fsp3) is 0.368. The second kappa shape index (κ2) is 6.77. The van der Waals surface area contributed by atoms with Crippen molar-refractivity contribution in [1.82, 2.24) is 4.90 Å². The van der Waals surface area contributed by atoms with Crippen LogP contribution in [0.4, 0.5) is 11.4 Å². The molecule has 1 fully saturated rings. The van der Waals surface area contributed by atoms with Gasteiger partial charge >= 0.3 is 0 Å². The Bertz CT molecular complexity index is 557. The fourth-order valence-electron chi connectivity index (χ4n) is 2.91. The largest absolute Gasteiger partial charge is 0.356 e. The van der Waals surface area contributed by atoms with Gasteiger partial charge in [0.05, 0.1) is 0 Å². The van der Waals surface area contributed by atoms with Crippen molar-refractivity contribution in [3.05, 3.63) is 60.2 Å². The van der Waals surface area contributed by atoms with Crippen molar-refractivity contribution < 1.29 is 0 Å². The smallest absolute Gasteiger partial charge is 0.0387 e. The molecule has 110 valence electrons. The van der Waals surface area contributed by atoms with E-state index in [0.717, 1.165) is 18.2 Å². The number of anilines is 2. The predicted octanol–water partition coefficient (Wildman–Crippen LogP) is 4.66. The highest BCUT2D eigenvalue weighted by Gasteiger charge is 2.15. The van der Waals surface area contributed by atoms with Gasteiger partial charge < -0.3 is 5.32 Å².